The van der Waals surface area contributed by atoms with Crippen LogP contribution in [0.25, 0.3) is 0 Å². The van der Waals surface area contributed by atoms with Crippen molar-refractivity contribution in [1.82, 2.24) is 10.2 Å². The van der Waals surface area contributed by atoms with Gasteiger partial charge in [-0.2, -0.15) is 0 Å². The molecule has 0 aromatic heterocycles. The maximum absolute atomic E-state index is 13.3. The number of likely N-dealkylation sites (tertiary alicyclic amines) is 1. The lowest BCUT2D eigenvalue weighted by Crippen LogP contribution is -2.48. The molecule has 1 aromatic rings. The van der Waals surface area contributed by atoms with E-state index in [1.54, 1.807) is 24.1 Å². The largest absolute Gasteiger partial charge is 0.377 e. The molecule has 0 unspecified atom stereocenters. The molecule has 1 N–H and O–H groups in total. The molecule has 0 radical (unpaired) electrons. The topological polar surface area (TPSA) is 58.6 Å². The number of ether oxygens (including phenoxy) is 1. The molecule has 24 heavy (non-hydrogen) atoms. The van der Waals surface area contributed by atoms with Crippen molar-refractivity contribution in [3.8, 4) is 0 Å². The van der Waals surface area contributed by atoms with E-state index in [-0.39, 0.29) is 23.5 Å². The smallest absolute Gasteiger partial charge is 0.225 e. The Labute approximate surface area is 142 Å². The number of methoxy groups -OCH3 is 1. The monoisotopic (exact) mass is 336 g/mol. The number of carbonyl (C=O) groups is 2. The molecule has 1 saturated heterocycles. The Hall–Kier alpha value is -1.95. The molecule has 0 saturated carbocycles. The van der Waals surface area contributed by atoms with E-state index in [2.05, 4.69) is 5.32 Å². The van der Waals surface area contributed by atoms with E-state index in [9.17, 15) is 14.0 Å². The third kappa shape index (κ3) is 5.03. The van der Waals surface area contributed by atoms with Crippen molar-refractivity contribution in [1.29, 1.82) is 0 Å². The maximum Gasteiger partial charge on any atom is 0.225 e. The number of amides is 2. The lowest BCUT2D eigenvalue weighted by Gasteiger charge is -2.33. The first-order chi connectivity index (χ1) is 11.3. The first-order valence-electron chi connectivity index (χ1n) is 8.16. The van der Waals surface area contributed by atoms with Gasteiger partial charge in [-0.15, -0.1) is 0 Å². The molecule has 1 aliphatic heterocycles. The van der Waals surface area contributed by atoms with Crippen LogP contribution in [0, 0.1) is 11.7 Å². The number of piperidine rings is 1. The van der Waals surface area contributed by atoms with E-state index in [0.29, 0.717) is 32.5 Å². The van der Waals surface area contributed by atoms with Gasteiger partial charge in [0.25, 0.3) is 0 Å². The van der Waals surface area contributed by atoms with Gasteiger partial charge in [-0.1, -0.05) is 12.1 Å². The van der Waals surface area contributed by atoms with Crippen LogP contribution in [-0.4, -0.2) is 42.5 Å². The number of carbonyl (C=O) groups excluding carboxylic acids is 2. The predicted octanol–water partition coefficient (Wildman–Crippen LogP) is 2.11. The molecule has 0 aliphatic carbocycles. The molecular weight excluding hydrogens is 311 g/mol. The number of nitrogens with one attached hydrogen (secondary N) is 1. The Morgan fingerprint density at radius 1 is 1.46 bits per heavy atom. The van der Waals surface area contributed by atoms with Crippen LogP contribution in [0.4, 0.5) is 4.39 Å². The zero-order valence-electron chi connectivity index (χ0n) is 14.5. The predicted molar refractivity (Wildman–Crippen MR) is 88.6 cm³/mol. The van der Waals surface area contributed by atoms with Gasteiger partial charge in [0.2, 0.25) is 11.8 Å². The minimum Gasteiger partial charge on any atom is -0.377 e. The number of benzene rings is 1. The summed E-state index contributed by atoms with van der Waals surface area (Å²) in [5, 5.41) is 2.89. The first-order valence-corrected chi connectivity index (χ1v) is 8.16. The van der Waals surface area contributed by atoms with E-state index in [4.69, 9.17) is 4.74 Å². The Balaban J connectivity index is 1.94. The molecule has 1 heterocycles. The fraction of sp³-hybridized carbons (Fsp3) is 0.556. The second-order valence-corrected chi connectivity index (χ2v) is 6.82. The van der Waals surface area contributed by atoms with Crippen molar-refractivity contribution < 1.29 is 18.7 Å². The number of rotatable bonds is 6. The van der Waals surface area contributed by atoms with Gasteiger partial charge in [-0.25, -0.2) is 4.39 Å². The lowest BCUT2D eigenvalue weighted by atomic mass is 9.95. The van der Waals surface area contributed by atoms with Crippen LogP contribution in [0.5, 0.6) is 0 Å². The average Bonchev–Trinajstić information content (AvgIpc) is 2.55. The molecule has 2 amide bonds. The quantitative estimate of drug-likeness (QED) is 0.865. The summed E-state index contributed by atoms with van der Waals surface area (Å²) < 4.78 is 18.6. The molecule has 1 aromatic carbocycles. The number of nitrogens with zero attached hydrogens (tertiary/aromatic N) is 1. The van der Waals surface area contributed by atoms with E-state index < -0.39 is 5.60 Å². The van der Waals surface area contributed by atoms with Crippen LogP contribution in [0.15, 0.2) is 24.3 Å². The maximum atomic E-state index is 13.3. The molecule has 1 fully saturated rings. The van der Waals surface area contributed by atoms with Gasteiger partial charge in [0.1, 0.15) is 5.82 Å². The number of hydrogen-bond acceptors (Lipinski definition) is 3. The molecule has 5 nitrogen and oxygen atoms in total. The van der Waals surface area contributed by atoms with Crippen LogP contribution >= 0.6 is 0 Å². The van der Waals surface area contributed by atoms with Gasteiger partial charge >= 0.3 is 0 Å². The second kappa shape index (κ2) is 7.75. The lowest BCUT2D eigenvalue weighted by molar-refractivity contribution is -0.139. The van der Waals surface area contributed by atoms with Crippen molar-refractivity contribution in [2.45, 2.75) is 38.8 Å². The molecule has 1 atom stereocenters. The number of halogens is 1. The Morgan fingerprint density at radius 2 is 2.21 bits per heavy atom. The molecule has 1 aliphatic rings. The Kier molecular flexibility index (Phi) is 5.94. The fourth-order valence-electron chi connectivity index (χ4n) is 2.65. The van der Waals surface area contributed by atoms with Gasteiger partial charge in [-0.05, 0) is 38.0 Å². The third-order valence-corrected chi connectivity index (χ3v) is 4.37. The zero-order valence-corrected chi connectivity index (χ0v) is 14.5. The fourth-order valence-corrected chi connectivity index (χ4v) is 2.65. The summed E-state index contributed by atoms with van der Waals surface area (Å²) in [6, 6.07) is 6.19. The highest BCUT2D eigenvalue weighted by Gasteiger charge is 2.31. The van der Waals surface area contributed by atoms with Crippen molar-refractivity contribution in [2.75, 3.05) is 20.2 Å². The van der Waals surface area contributed by atoms with Gasteiger partial charge < -0.3 is 15.0 Å². The van der Waals surface area contributed by atoms with Crippen molar-refractivity contribution in [3.05, 3.63) is 35.6 Å². The van der Waals surface area contributed by atoms with E-state index in [0.717, 1.165) is 5.56 Å². The highest BCUT2D eigenvalue weighted by molar-refractivity contribution is 5.83. The van der Waals surface area contributed by atoms with Crippen LogP contribution in [0.1, 0.15) is 32.3 Å². The normalized spacial score (nSPS) is 18.6. The van der Waals surface area contributed by atoms with E-state index in [1.807, 2.05) is 13.8 Å². The Morgan fingerprint density at radius 3 is 2.88 bits per heavy atom. The second-order valence-electron chi connectivity index (χ2n) is 6.82. The highest BCUT2D eigenvalue weighted by Crippen LogP contribution is 2.20. The summed E-state index contributed by atoms with van der Waals surface area (Å²) in [6.07, 6.45) is 0.874. The van der Waals surface area contributed by atoms with Crippen molar-refractivity contribution in [2.24, 2.45) is 5.92 Å². The molecule has 2 rings (SSSR count). The van der Waals surface area contributed by atoms with Crippen LogP contribution in [0.3, 0.4) is 0 Å². The summed E-state index contributed by atoms with van der Waals surface area (Å²) >= 11 is 0. The van der Waals surface area contributed by atoms with Gasteiger partial charge in [0.05, 0.1) is 11.5 Å². The van der Waals surface area contributed by atoms with E-state index in [1.165, 1.54) is 12.1 Å². The molecular formula is C18H25FN2O3. The minimum atomic E-state index is -0.429. The SMILES string of the molecule is COC(C)(C)CNC(=O)[C@H]1CCC(=O)N(Cc2cccc(F)c2)C1. The standard InChI is InChI=1S/C18H25FN2O3/c1-18(2,24-3)12-20-17(23)14-7-8-16(22)21(11-14)10-13-5-4-6-15(19)9-13/h4-6,9,14H,7-8,10-12H2,1-3H3,(H,20,23)/t14-/m0/s1. The van der Waals surface area contributed by atoms with Crippen LogP contribution in [-0.2, 0) is 20.9 Å². The summed E-state index contributed by atoms with van der Waals surface area (Å²) in [6.45, 7) is 4.89. The van der Waals surface area contributed by atoms with Gasteiger partial charge in [0.15, 0.2) is 0 Å². The molecule has 0 bridgehead atoms. The zero-order chi connectivity index (χ0) is 17.7. The summed E-state index contributed by atoms with van der Waals surface area (Å²) in [7, 11) is 1.60. The average molecular weight is 336 g/mol. The van der Waals surface area contributed by atoms with Crippen molar-refractivity contribution >= 4 is 11.8 Å². The summed E-state index contributed by atoms with van der Waals surface area (Å²) in [5.74, 6) is -0.644. The van der Waals surface area contributed by atoms with Gasteiger partial charge in [-0.3, -0.25) is 9.59 Å². The summed E-state index contributed by atoms with van der Waals surface area (Å²) in [4.78, 5) is 26.1. The minimum absolute atomic E-state index is 0.000493. The van der Waals surface area contributed by atoms with Gasteiger partial charge in [0, 0.05) is 33.2 Å². The number of hydrogen-bond donors (Lipinski definition) is 1. The molecule has 6 heteroatoms. The van der Waals surface area contributed by atoms with E-state index >= 15 is 0 Å². The van der Waals surface area contributed by atoms with Crippen LogP contribution in [0.2, 0.25) is 0 Å². The Bertz CT molecular complexity index is 604. The highest BCUT2D eigenvalue weighted by atomic mass is 19.1. The first kappa shape index (κ1) is 18.4. The van der Waals surface area contributed by atoms with Crippen molar-refractivity contribution in [3.63, 3.8) is 0 Å². The molecule has 132 valence electrons. The summed E-state index contributed by atoms with van der Waals surface area (Å²) in [5.41, 5.74) is 0.298. The third-order valence-electron chi connectivity index (χ3n) is 4.37. The van der Waals surface area contributed by atoms with Crippen LogP contribution < -0.4 is 5.32 Å². The molecule has 0 spiro atoms.